The zero-order valence-electron chi connectivity index (χ0n) is 24.3. The van der Waals surface area contributed by atoms with Crippen LogP contribution in [0.3, 0.4) is 0 Å². The Morgan fingerprint density at radius 3 is 2.19 bits per heavy atom. The fourth-order valence-electron chi connectivity index (χ4n) is 10.8. The van der Waals surface area contributed by atoms with Gasteiger partial charge in [0.15, 0.2) is 5.78 Å². The van der Waals surface area contributed by atoms with Gasteiger partial charge in [0.2, 0.25) is 0 Å². The molecule has 5 heteroatoms. The number of carbonyl (C=O) groups is 3. The normalized spacial score (nSPS) is 50.5. The maximum atomic E-state index is 14.4. The van der Waals surface area contributed by atoms with Gasteiger partial charge in [-0.15, -0.1) is 0 Å². The van der Waals surface area contributed by atoms with Crippen molar-refractivity contribution in [2.75, 3.05) is 0 Å². The van der Waals surface area contributed by atoms with Gasteiger partial charge in [-0.05, 0) is 104 Å². The average Bonchev–Trinajstić information content (AvgIpc) is 2.78. The molecule has 0 radical (unpaired) electrons. The van der Waals surface area contributed by atoms with Crippen molar-refractivity contribution in [3.05, 3.63) is 11.6 Å². The summed E-state index contributed by atoms with van der Waals surface area (Å²) in [6.07, 6.45) is 10.0. The second-order valence-electron chi connectivity index (χ2n) is 15.5. The van der Waals surface area contributed by atoms with E-state index in [0.717, 1.165) is 44.9 Å². The smallest absolute Gasteiger partial charge is 0.309 e. The van der Waals surface area contributed by atoms with Crippen molar-refractivity contribution < 1.29 is 24.2 Å². The SMILES string of the molecule is CC(=O)O[C@H]1CC[C@@]2(C)C(CC[C@]3(C)[C@@H]2C(=O)C=C2[C@H]4C[C@@](C)(C(=O)O)CC[C@]4(C)CC[C@]23C)C1(C)C. The molecule has 1 N–H and O–H groups in total. The summed E-state index contributed by atoms with van der Waals surface area (Å²) in [6.45, 7) is 17.4. The van der Waals surface area contributed by atoms with Crippen LogP contribution in [0.5, 0.6) is 0 Å². The summed E-state index contributed by atoms with van der Waals surface area (Å²) in [7, 11) is 0. The highest BCUT2D eigenvalue weighted by Crippen LogP contribution is 2.75. The van der Waals surface area contributed by atoms with E-state index in [1.165, 1.54) is 12.5 Å². The molecule has 5 nitrogen and oxygen atoms in total. The molecule has 9 atom stereocenters. The van der Waals surface area contributed by atoms with Crippen LogP contribution in [0.2, 0.25) is 0 Å². The van der Waals surface area contributed by atoms with Crippen LogP contribution in [0.25, 0.3) is 0 Å². The summed E-state index contributed by atoms with van der Waals surface area (Å²) in [4.78, 5) is 38.5. The first-order valence-electron chi connectivity index (χ1n) is 14.6. The molecule has 0 aromatic rings. The number of hydrogen-bond acceptors (Lipinski definition) is 4. The topological polar surface area (TPSA) is 80.7 Å². The number of carbonyl (C=O) groups excluding carboxylic acids is 2. The zero-order chi connectivity index (χ0) is 27.4. The second kappa shape index (κ2) is 7.94. The number of ether oxygens (including phenoxy) is 1. The van der Waals surface area contributed by atoms with Gasteiger partial charge in [-0.3, -0.25) is 14.4 Å². The van der Waals surface area contributed by atoms with Gasteiger partial charge in [-0.2, -0.15) is 0 Å². The van der Waals surface area contributed by atoms with Crippen molar-refractivity contribution >= 4 is 17.7 Å². The Bertz CT molecular complexity index is 1070. The fraction of sp³-hybridized carbons (Fsp3) is 0.844. The number of rotatable bonds is 2. The maximum absolute atomic E-state index is 14.4. The van der Waals surface area contributed by atoms with Crippen LogP contribution in [0.4, 0.5) is 0 Å². The summed E-state index contributed by atoms with van der Waals surface area (Å²) in [5.74, 6) is -0.280. The Labute approximate surface area is 223 Å². The summed E-state index contributed by atoms with van der Waals surface area (Å²) in [5, 5.41) is 10.1. The summed E-state index contributed by atoms with van der Waals surface area (Å²) < 4.78 is 5.82. The molecule has 0 aromatic carbocycles. The van der Waals surface area contributed by atoms with Crippen LogP contribution in [0, 0.1) is 50.2 Å². The van der Waals surface area contributed by atoms with Crippen molar-refractivity contribution in [3.63, 3.8) is 0 Å². The zero-order valence-corrected chi connectivity index (χ0v) is 24.3. The molecule has 0 heterocycles. The molecule has 0 aromatic heterocycles. The summed E-state index contributed by atoms with van der Waals surface area (Å²) >= 11 is 0. The van der Waals surface area contributed by atoms with E-state index in [9.17, 15) is 19.5 Å². The predicted molar refractivity (Wildman–Crippen MR) is 143 cm³/mol. The quantitative estimate of drug-likeness (QED) is 0.404. The van der Waals surface area contributed by atoms with Crippen molar-refractivity contribution in [1.82, 2.24) is 0 Å². The molecule has 37 heavy (non-hydrogen) atoms. The molecule has 4 fully saturated rings. The standard InChI is InChI=1S/C32H48O5/c1-19(33)37-24-10-11-30(6)23(27(24,2)3)9-12-32(8)25(30)22(34)17-20-21-18-29(5,26(35)36)14-13-28(21,4)15-16-31(20,32)7/h17,21,23-25H,9-16,18H2,1-8H3,(H,35,36)/t21-,23?,24+,25-,28-,29+,30+,31-,32-/m1/s1. The monoisotopic (exact) mass is 512 g/mol. The first-order valence-corrected chi connectivity index (χ1v) is 14.6. The van der Waals surface area contributed by atoms with Crippen LogP contribution >= 0.6 is 0 Å². The van der Waals surface area contributed by atoms with Gasteiger partial charge in [-0.1, -0.05) is 47.1 Å². The number of aliphatic carboxylic acids is 1. The Kier molecular flexibility index (Phi) is 5.78. The van der Waals surface area contributed by atoms with Crippen LogP contribution in [0.1, 0.15) is 113 Å². The van der Waals surface area contributed by atoms with E-state index in [1.54, 1.807) is 0 Å². The van der Waals surface area contributed by atoms with Crippen LogP contribution in [-0.4, -0.2) is 28.9 Å². The molecule has 0 amide bonds. The molecular formula is C32H48O5. The number of carboxylic acid groups (broad SMARTS) is 1. The van der Waals surface area contributed by atoms with Crippen molar-refractivity contribution in [1.29, 1.82) is 0 Å². The number of hydrogen-bond donors (Lipinski definition) is 1. The minimum Gasteiger partial charge on any atom is -0.481 e. The number of ketones is 1. The molecule has 0 spiro atoms. The van der Waals surface area contributed by atoms with Gasteiger partial charge in [0.25, 0.3) is 0 Å². The largest absolute Gasteiger partial charge is 0.481 e. The molecular weight excluding hydrogens is 464 g/mol. The van der Waals surface area contributed by atoms with Gasteiger partial charge in [-0.25, -0.2) is 0 Å². The molecule has 1 unspecified atom stereocenters. The molecule has 0 aliphatic heterocycles. The third kappa shape index (κ3) is 3.43. The van der Waals surface area contributed by atoms with E-state index < -0.39 is 11.4 Å². The Morgan fingerprint density at radius 2 is 1.57 bits per heavy atom. The molecule has 0 bridgehead atoms. The van der Waals surface area contributed by atoms with Gasteiger partial charge in [0.05, 0.1) is 5.41 Å². The minimum atomic E-state index is -0.729. The Hall–Kier alpha value is -1.65. The van der Waals surface area contributed by atoms with E-state index >= 15 is 0 Å². The van der Waals surface area contributed by atoms with Gasteiger partial charge >= 0.3 is 11.9 Å². The van der Waals surface area contributed by atoms with E-state index in [2.05, 4.69) is 41.5 Å². The lowest BCUT2D eigenvalue weighted by atomic mass is 9.33. The number of carboxylic acids is 1. The van der Waals surface area contributed by atoms with Gasteiger partial charge in [0, 0.05) is 18.3 Å². The molecule has 206 valence electrons. The van der Waals surface area contributed by atoms with Crippen LogP contribution in [0.15, 0.2) is 11.6 Å². The lowest BCUT2D eigenvalue weighted by Crippen LogP contribution is -2.66. The number of allylic oxidation sites excluding steroid dienone is 2. The first kappa shape index (κ1) is 26.9. The van der Waals surface area contributed by atoms with E-state index in [4.69, 9.17) is 4.74 Å². The third-order valence-corrected chi connectivity index (χ3v) is 13.3. The molecule has 5 rings (SSSR count). The van der Waals surface area contributed by atoms with Gasteiger partial charge in [0.1, 0.15) is 6.10 Å². The highest BCUT2D eigenvalue weighted by Gasteiger charge is 2.70. The number of fused-ring (bicyclic) bond motifs is 7. The van der Waals surface area contributed by atoms with Crippen molar-refractivity contribution in [2.45, 2.75) is 119 Å². The molecule has 5 aliphatic rings. The van der Waals surface area contributed by atoms with Crippen molar-refractivity contribution in [3.8, 4) is 0 Å². The molecule has 4 saturated carbocycles. The molecule has 0 saturated heterocycles. The lowest BCUT2D eigenvalue weighted by Gasteiger charge is -2.70. The summed E-state index contributed by atoms with van der Waals surface area (Å²) in [5.41, 5.74) is -0.0327. The Morgan fingerprint density at radius 1 is 0.919 bits per heavy atom. The maximum Gasteiger partial charge on any atom is 0.309 e. The highest BCUT2D eigenvalue weighted by molar-refractivity contribution is 5.95. The fourth-order valence-corrected chi connectivity index (χ4v) is 10.8. The van der Waals surface area contributed by atoms with Gasteiger partial charge < -0.3 is 9.84 Å². The summed E-state index contributed by atoms with van der Waals surface area (Å²) in [6, 6.07) is 0. The second-order valence-corrected chi connectivity index (χ2v) is 15.5. The van der Waals surface area contributed by atoms with E-state index in [1.807, 2.05) is 13.0 Å². The third-order valence-electron chi connectivity index (χ3n) is 13.3. The van der Waals surface area contributed by atoms with Crippen molar-refractivity contribution in [2.24, 2.45) is 50.2 Å². The average molecular weight is 513 g/mol. The first-order chi connectivity index (χ1) is 16.9. The Balaban J connectivity index is 1.58. The van der Waals surface area contributed by atoms with E-state index in [0.29, 0.717) is 18.8 Å². The van der Waals surface area contributed by atoms with Crippen LogP contribution in [-0.2, 0) is 19.1 Å². The minimum absolute atomic E-state index is 0.0644. The molecule has 5 aliphatic carbocycles. The number of esters is 1. The van der Waals surface area contributed by atoms with Crippen LogP contribution < -0.4 is 0 Å². The van der Waals surface area contributed by atoms with E-state index in [-0.39, 0.29) is 56.8 Å². The highest BCUT2D eigenvalue weighted by atomic mass is 16.5. The predicted octanol–water partition coefficient (Wildman–Crippen LogP) is 6.98. The lowest BCUT2D eigenvalue weighted by molar-refractivity contribution is -0.210.